The van der Waals surface area contributed by atoms with Crippen molar-refractivity contribution in [2.24, 2.45) is 11.8 Å². The van der Waals surface area contributed by atoms with Crippen molar-refractivity contribution in [3.05, 3.63) is 11.7 Å². The molecule has 1 heterocycles. The number of hydrogen-bond donors (Lipinski definition) is 3. The van der Waals surface area contributed by atoms with Gasteiger partial charge in [-0.05, 0) is 26.7 Å². The lowest BCUT2D eigenvalue weighted by molar-refractivity contribution is -0.138. The third kappa shape index (κ3) is 3.69. The Balaban J connectivity index is 1.95. The molecule has 3 rings (SSSR count). The molecule has 5 atom stereocenters. The van der Waals surface area contributed by atoms with E-state index in [1.807, 2.05) is 0 Å². The number of aromatic nitrogens is 3. The molecule has 0 aliphatic heterocycles. The fourth-order valence-corrected chi connectivity index (χ4v) is 3.37. The van der Waals surface area contributed by atoms with Crippen LogP contribution < -0.4 is 10.6 Å². The smallest absolute Gasteiger partial charge is 0.389 e. The molecule has 1 fully saturated rings. The summed E-state index contributed by atoms with van der Waals surface area (Å²) in [4.78, 5) is 11.9. The van der Waals surface area contributed by atoms with Gasteiger partial charge in [-0.2, -0.15) is 28.1 Å². The van der Waals surface area contributed by atoms with Crippen LogP contribution >= 0.6 is 0 Å². The minimum absolute atomic E-state index is 0.000626. The van der Waals surface area contributed by atoms with E-state index in [0.29, 0.717) is 13.0 Å². The third-order valence-electron chi connectivity index (χ3n) is 4.95. The van der Waals surface area contributed by atoms with Crippen LogP contribution in [0.4, 0.5) is 33.8 Å². The van der Waals surface area contributed by atoms with Crippen LogP contribution in [-0.2, 0) is 0 Å². The minimum Gasteiger partial charge on any atom is -0.389 e. The monoisotopic (exact) mass is 393 g/mol. The highest BCUT2D eigenvalue weighted by Crippen LogP contribution is 2.51. The van der Waals surface area contributed by atoms with Crippen LogP contribution in [0.5, 0.6) is 0 Å². The molecule has 3 unspecified atom stereocenters. The molecular weight excluding hydrogens is 373 g/mol. The summed E-state index contributed by atoms with van der Waals surface area (Å²) in [5.41, 5.74) is 0.0615. The van der Waals surface area contributed by atoms with E-state index in [9.17, 15) is 27.1 Å². The zero-order chi connectivity index (χ0) is 19.9. The molecule has 1 aromatic heterocycles. The molecule has 0 aromatic carbocycles. The number of anilines is 2. The van der Waals surface area contributed by atoms with Gasteiger partial charge in [0.05, 0.1) is 6.10 Å². The molecule has 0 radical (unpaired) electrons. The first-order valence-corrected chi connectivity index (χ1v) is 8.67. The highest BCUT2D eigenvalue weighted by Gasteiger charge is 2.55. The molecule has 0 spiro atoms. The quantitative estimate of drug-likeness (QED) is 0.667. The number of aliphatic hydroxyl groups excluding tert-OH is 1. The van der Waals surface area contributed by atoms with Crippen molar-refractivity contribution in [2.45, 2.75) is 51.2 Å². The van der Waals surface area contributed by atoms with Crippen molar-refractivity contribution < 1.29 is 27.1 Å². The normalized spacial score (nSPS) is 29.0. The standard InChI is InChI=1S/C16H20F5N5O/c1-3-22-14-24-13(25-15(26-14)23-6(2)16(19,20)21)8-5-4-7-9(10(8)17)12(27)11(7)18/h6-7,9,11-12,27H,3-5H2,1-2H3,(H2,22,23,24,25,26)/t6-,7?,9-,11?,12?/m1/s1. The van der Waals surface area contributed by atoms with Gasteiger partial charge < -0.3 is 15.7 Å². The number of nitrogens with zero attached hydrogens (tertiary/aromatic N) is 3. The van der Waals surface area contributed by atoms with Gasteiger partial charge in [0.2, 0.25) is 11.9 Å². The Morgan fingerprint density at radius 1 is 1.22 bits per heavy atom. The van der Waals surface area contributed by atoms with Crippen LogP contribution in [0.1, 0.15) is 32.5 Å². The highest BCUT2D eigenvalue weighted by molar-refractivity contribution is 5.66. The van der Waals surface area contributed by atoms with E-state index in [1.165, 1.54) is 0 Å². The summed E-state index contributed by atoms with van der Waals surface area (Å²) in [5.74, 6) is -2.74. The van der Waals surface area contributed by atoms with Gasteiger partial charge in [-0.1, -0.05) is 0 Å². The molecule has 150 valence electrons. The molecule has 27 heavy (non-hydrogen) atoms. The minimum atomic E-state index is -4.51. The summed E-state index contributed by atoms with van der Waals surface area (Å²) in [6, 6.07) is -1.92. The van der Waals surface area contributed by atoms with Gasteiger partial charge in [0.25, 0.3) is 0 Å². The predicted molar refractivity (Wildman–Crippen MR) is 88.3 cm³/mol. The van der Waals surface area contributed by atoms with Crippen LogP contribution in [-0.4, -0.2) is 51.1 Å². The Morgan fingerprint density at radius 2 is 1.89 bits per heavy atom. The third-order valence-corrected chi connectivity index (χ3v) is 4.95. The maximum atomic E-state index is 14.8. The molecule has 6 nitrogen and oxygen atoms in total. The first-order chi connectivity index (χ1) is 12.6. The average Bonchev–Trinajstić information content (AvgIpc) is 2.59. The molecule has 2 aliphatic carbocycles. The van der Waals surface area contributed by atoms with Gasteiger partial charge >= 0.3 is 6.18 Å². The maximum Gasteiger partial charge on any atom is 0.408 e. The predicted octanol–water partition coefficient (Wildman–Crippen LogP) is 3.09. The van der Waals surface area contributed by atoms with Gasteiger partial charge in [0.15, 0.2) is 5.82 Å². The van der Waals surface area contributed by atoms with E-state index in [1.54, 1.807) is 6.92 Å². The van der Waals surface area contributed by atoms with Crippen LogP contribution in [0.15, 0.2) is 5.83 Å². The molecule has 2 aliphatic rings. The zero-order valence-corrected chi connectivity index (χ0v) is 14.7. The summed E-state index contributed by atoms with van der Waals surface area (Å²) in [5, 5.41) is 14.6. The second kappa shape index (κ2) is 7.17. The molecule has 0 bridgehead atoms. The van der Waals surface area contributed by atoms with Crippen molar-refractivity contribution in [1.29, 1.82) is 0 Å². The van der Waals surface area contributed by atoms with Crippen LogP contribution in [0, 0.1) is 11.8 Å². The molecule has 3 N–H and O–H groups in total. The number of halogens is 5. The number of fused-ring (bicyclic) bond motifs is 1. The van der Waals surface area contributed by atoms with Crippen LogP contribution in [0.25, 0.3) is 5.57 Å². The summed E-state index contributed by atoms with van der Waals surface area (Å²) in [6.45, 7) is 3.05. The zero-order valence-electron chi connectivity index (χ0n) is 14.7. The maximum absolute atomic E-state index is 14.8. The van der Waals surface area contributed by atoms with Gasteiger partial charge in [-0.25, -0.2) is 8.78 Å². The Labute approximate surface area is 152 Å². The van der Waals surface area contributed by atoms with E-state index in [-0.39, 0.29) is 29.7 Å². The number of hydrogen-bond acceptors (Lipinski definition) is 6. The van der Waals surface area contributed by atoms with Crippen molar-refractivity contribution >= 4 is 17.5 Å². The number of allylic oxidation sites excluding steroid dienone is 1. The van der Waals surface area contributed by atoms with Crippen molar-refractivity contribution in [1.82, 2.24) is 15.0 Å². The SMILES string of the molecule is CCNc1nc(N[C@H](C)C(F)(F)F)nc(C2=C(F)[C@@H]3C(O)C(F)C3CC2)n1. The number of rotatable bonds is 5. The Hall–Kier alpha value is -2.04. The molecule has 0 amide bonds. The number of alkyl halides is 4. The fourth-order valence-electron chi connectivity index (χ4n) is 3.37. The average molecular weight is 393 g/mol. The first-order valence-electron chi connectivity index (χ1n) is 8.67. The van der Waals surface area contributed by atoms with Gasteiger partial charge in [-0.15, -0.1) is 0 Å². The molecular formula is C16H20F5N5O. The Bertz CT molecular complexity index is 740. The molecule has 11 heteroatoms. The second-order valence-electron chi connectivity index (χ2n) is 6.73. The lowest BCUT2D eigenvalue weighted by Gasteiger charge is -2.47. The van der Waals surface area contributed by atoms with Crippen LogP contribution in [0.2, 0.25) is 0 Å². The van der Waals surface area contributed by atoms with Gasteiger partial charge in [-0.3, -0.25) is 0 Å². The van der Waals surface area contributed by atoms with E-state index < -0.39 is 42.2 Å². The Morgan fingerprint density at radius 3 is 2.52 bits per heavy atom. The lowest BCUT2D eigenvalue weighted by atomic mass is 9.63. The summed E-state index contributed by atoms with van der Waals surface area (Å²) in [6.07, 6.45) is -6.98. The molecule has 1 aromatic rings. The number of aliphatic hydroxyl groups is 1. The second-order valence-corrected chi connectivity index (χ2v) is 6.73. The lowest BCUT2D eigenvalue weighted by Crippen LogP contribution is -2.54. The van der Waals surface area contributed by atoms with Crippen molar-refractivity contribution in [3.63, 3.8) is 0 Å². The summed E-state index contributed by atoms with van der Waals surface area (Å²) in [7, 11) is 0. The van der Waals surface area contributed by atoms with Crippen LogP contribution in [0.3, 0.4) is 0 Å². The van der Waals surface area contributed by atoms with Gasteiger partial charge in [0, 0.05) is 24.0 Å². The number of nitrogens with one attached hydrogen (secondary N) is 2. The molecule has 0 saturated heterocycles. The largest absolute Gasteiger partial charge is 0.408 e. The summed E-state index contributed by atoms with van der Waals surface area (Å²) < 4.78 is 66.8. The van der Waals surface area contributed by atoms with E-state index >= 15 is 0 Å². The van der Waals surface area contributed by atoms with Crippen molar-refractivity contribution in [2.75, 3.05) is 17.2 Å². The highest BCUT2D eigenvalue weighted by atomic mass is 19.4. The first kappa shape index (κ1) is 19.7. The Kier molecular flexibility index (Phi) is 5.24. The van der Waals surface area contributed by atoms with Crippen molar-refractivity contribution in [3.8, 4) is 0 Å². The van der Waals surface area contributed by atoms with E-state index in [4.69, 9.17) is 0 Å². The van der Waals surface area contributed by atoms with E-state index in [2.05, 4.69) is 25.6 Å². The topological polar surface area (TPSA) is 83.0 Å². The molecule has 1 saturated carbocycles. The van der Waals surface area contributed by atoms with E-state index in [0.717, 1.165) is 6.92 Å². The summed E-state index contributed by atoms with van der Waals surface area (Å²) >= 11 is 0. The van der Waals surface area contributed by atoms with Gasteiger partial charge in [0.1, 0.15) is 18.0 Å². The fraction of sp³-hybridized carbons (Fsp3) is 0.688.